The number of hydroxylamine groups is 2. The van der Waals surface area contributed by atoms with E-state index in [1.807, 2.05) is 5.06 Å². The Morgan fingerprint density at radius 2 is 2.59 bits per heavy atom. The Morgan fingerprint density at radius 3 is 3.35 bits per heavy atom. The van der Waals surface area contributed by atoms with E-state index in [0.717, 1.165) is 25.3 Å². The summed E-state index contributed by atoms with van der Waals surface area (Å²) in [4.78, 5) is 7.97. The minimum atomic E-state index is 0.314. The summed E-state index contributed by atoms with van der Waals surface area (Å²) in [5, 5.41) is 5.75. The molecule has 3 heterocycles. The molecule has 2 atom stereocenters. The average Bonchev–Trinajstić information content (AvgIpc) is 2.95. The van der Waals surface area contributed by atoms with Crippen LogP contribution in [0.25, 0.3) is 5.57 Å². The normalized spacial score (nSPS) is 28.1. The maximum atomic E-state index is 5.62. The van der Waals surface area contributed by atoms with E-state index in [4.69, 9.17) is 9.36 Å². The van der Waals surface area contributed by atoms with Crippen LogP contribution in [0.4, 0.5) is 0 Å². The van der Waals surface area contributed by atoms with Crippen LogP contribution in [-0.2, 0) is 4.84 Å². The van der Waals surface area contributed by atoms with E-state index < -0.39 is 0 Å². The number of rotatable bonds is 4. The van der Waals surface area contributed by atoms with Gasteiger partial charge in [0, 0.05) is 18.7 Å². The Balaban J connectivity index is 1.76. The van der Waals surface area contributed by atoms with Crippen LogP contribution in [0.2, 0.25) is 0 Å². The lowest BCUT2D eigenvalue weighted by Crippen LogP contribution is -2.30. The van der Waals surface area contributed by atoms with Gasteiger partial charge in [-0.05, 0) is 5.57 Å². The zero-order chi connectivity index (χ0) is 11.7. The van der Waals surface area contributed by atoms with Crippen molar-refractivity contribution in [3.63, 3.8) is 0 Å². The van der Waals surface area contributed by atoms with Gasteiger partial charge < -0.3 is 4.52 Å². The van der Waals surface area contributed by atoms with Crippen LogP contribution >= 0.6 is 0 Å². The predicted octanol–water partition coefficient (Wildman–Crippen LogP) is 1.13. The molecule has 0 aliphatic carbocycles. The van der Waals surface area contributed by atoms with Gasteiger partial charge >= 0.3 is 0 Å². The summed E-state index contributed by atoms with van der Waals surface area (Å²) in [7, 11) is 0. The molecule has 0 N–H and O–H groups in total. The molecule has 1 saturated heterocycles. The SMILES string of the molecule is C=CCON1CN2CC(c3cnoc3)=CC1C2. The second kappa shape index (κ2) is 4.44. The zero-order valence-corrected chi connectivity index (χ0v) is 9.58. The molecule has 1 fully saturated rings. The van der Waals surface area contributed by atoms with Crippen molar-refractivity contribution in [3.05, 3.63) is 36.8 Å². The van der Waals surface area contributed by atoms with Crippen LogP contribution in [0.15, 0.2) is 35.7 Å². The summed E-state index contributed by atoms with van der Waals surface area (Å²) in [6.07, 6.45) is 7.45. The summed E-state index contributed by atoms with van der Waals surface area (Å²) < 4.78 is 4.88. The first-order chi connectivity index (χ1) is 8.36. The monoisotopic (exact) mass is 233 g/mol. The van der Waals surface area contributed by atoms with Gasteiger partial charge in [0.25, 0.3) is 0 Å². The highest BCUT2D eigenvalue weighted by Crippen LogP contribution is 2.27. The molecular weight excluding hydrogens is 218 g/mol. The second-order valence-corrected chi connectivity index (χ2v) is 4.33. The molecule has 2 aliphatic heterocycles. The van der Waals surface area contributed by atoms with Crippen LogP contribution in [0.3, 0.4) is 0 Å². The molecule has 0 radical (unpaired) electrons. The first kappa shape index (κ1) is 10.7. The Kier molecular flexibility index (Phi) is 2.80. The fourth-order valence-corrected chi connectivity index (χ4v) is 2.33. The van der Waals surface area contributed by atoms with Gasteiger partial charge in [-0.15, -0.1) is 6.58 Å². The first-order valence-corrected chi connectivity index (χ1v) is 5.70. The maximum absolute atomic E-state index is 5.62. The van der Waals surface area contributed by atoms with Gasteiger partial charge in [0.05, 0.1) is 25.5 Å². The molecule has 0 spiro atoms. The van der Waals surface area contributed by atoms with Crippen LogP contribution in [-0.4, -0.2) is 47.5 Å². The van der Waals surface area contributed by atoms with Crippen LogP contribution in [0.5, 0.6) is 0 Å². The van der Waals surface area contributed by atoms with Crippen LogP contribution in [0, 0.1) is 0 Å². The Hall–Kier alpha value is -1.43. The molecule has 3 rings (SSSR count). The topological polar surface area (TPSA) is 41.7 Å². The predicted molar refractivity (Wildman–Crippen MR) is 62.7 cm³/mol. The van der Waals surface area contributed by atoms with E-state index in [9.17, 15) is 0 Å². The number of fused-ring (bicyclic) bond motifs is 2. The highest BCUT2D eigenvalue weighted by molar-refractivity contribution is 5.67. The van der Waals surface area contributed by atoms with Gasteiger partial charge in [-0.3, -0.25) is 9.74 Å². The number of aromatic nitrogens is 1. The molecule has 0 saturated carbocycles. The Morgan fingerprint density at radius 1 is 1.65 bits per heavy atom. The molecule has 1 aromatic heterocycles. The number of hydrogen-bond acceptors (Lipinski definition) is 5. The number of hydrogen-bond donors (Lipinski definition) is 0. The van der Waals surface area contributed by atoms with E-state index in [0.29, 0.717) is 12.6 Å². The van der Waals surface area contributed by atoms with Crippen molar-refractivity contribution in [1.82, 2.24) is 15.1 Å². The van der Waals surface area contributed by atoms with E-state index in [-0.39, 0.29) is 0 Å². The van der Waals surface area contributed by atoms with Crippen molar-refractivity contribution in [1.29, 1.82) is 0 Å². The highest BCUT2D eigenvalue weighted by atomic mass is 16.7. The third kappa shape index (κ3) is 2.04. The minimum Gasteiger partial charge on any atom is -0.364 e. The number of nitrogens with zero attached hydrogens (tertiary/aromatic N) is 3. The summed E-state index contributed by atoms with van der Waals surface area (Å²) in [5.41, 5.74) is 2.32. The lowest BCUT2D eigenvalue weighted by Gasteiger charge is -2.21. The van der Waals surface area contributed by atoms with Gasteiger partial charge in [-0.25, -0.2) is 0 Å². The van der Waals surface area contributed by atoms with Gasteiger partial charge in [-0.2, -0.15) is 5.06 Å². The average molecular weight is 233 g/mol. The molecular formula is C12H15N3O2. The van der Waals surface area contributed by atoms with Crippen molar-refractivity contribution in [2.24, 2.45) is 0 Å². The second-order valence-electron chi connectivity index (χ2n) is 4.33. The van der Waals surface area contributed by atoms with Gasteiger partial charge in [0.1, 0.15) is 6.26 Å². The van der Waals surface area contributed by atoms with E-state index in [1.165, 1.54) is 5.57 Å². The summed E-state index contributed by atoms with van der Waals surface area (Å²) in [5.74, 6) is 0. The van der Waals surface area contributed by atoms with Gasteiger partial charge in [-0.1, -0.05) is 17.3 Å². The molecule has 5 heteroatoms. The summed E-state index contributed by atoms with van der Waals surface area (Å²) in [6.45, 7) is 7.00. The fraction of sp³-hybridized carbons (Fsp3) is 0.417. The molecule has 2 unspecified atom stereocenters. The minimum absolute atomic E-state index is 0.314. The summed E-state index contributed by atoms with van der Waals surface area (Å²) in [6, 6.07) is 0.314. The Labute approximate surface area is 99.9 Å². The molecule has 0 amide bonds. The largest absolute Gasteiger partial charge is 0.364 e. The fourth-order valence-electron chi connectivity index (χ4n) is 2.33. The van der Waals surface area contributed by atoms with Crippen LogP contribution in [0.1, 0.15) is 5.56 Å². The van der Waals surface area contributed by atoms with Crippen LogP contribution < -0.4 is 0 Å². The molecule has 2 bridgehead atoms. The lowest BCUT2D eigenvalue weighted by molar-refractivity contribution is -0.153. The molecule has 2 aliphatic rings. The van der Waals surface area contributed by atoms with Gasteiger partial charge in [0.15, 0.2) is 0 Å². The van der Waals surface area contributed by atoms with E-state index >= 15 is 0 Å². The first-order valence-electron chi connectivity index (χ1n) is 5.70. The quantitative estimate of drug-likeness (QED) is 0.729. The lowest BCUT2D eigenvalue weighted by atomic mass is 10.0. The molecule has 17 heavy (non-hydrogen) atoms. The van der Waals surface area contributed by atoms with Crippen molar-refractivity contribution in [2.75, 3.05) is 26.4 Å². The molecule has 0 aromatic carbocycles. The van der Waals surface area contributed by atoms with Crippen molar-refractivity contribution in [3.8, 4) is 0 Å². The molecule has 90 valence electrons. The molecule has 5 nitrogen and oxygen atoms in total. The maximum Gasteiger partial charge on any atom is 0.131 e. The smallest absolute Gasteiger partial charge is 0.131 e. The van der Waals surface area contributed by atoms with Crippen molar-refractivity contribution >= 4 is 5.57 Å². The van der Waals surface area contributed by atoms with Crippen molar-refractivity contribution < 1.29 is 9.36 Å². The standard InChI is InChI=1S/C12H15N3O2/c1-2-3-17-15-9-14-6-10(4-12(15)7-14)11-5-13-16-8-11/h2,4-5,8,12H,1,3,6-7,9H2. The van der Waals surface area contributed by atoms with Gasteiger partial charge in [0.2, 0.25) is 0 Å². The summed E-state index contributed by atoms with van der Waals surface area (Å²) >= 11 is 0. The molecule has 1 aromatic rings. The van der Waals surface area contributed by atoms with Crippen molar-refractivity contribution in [2.45, 2.75) is 6.04 Å². The third-order valence-corrected chi connectivity index (χ3v) is 3.10. The van der Waals surface area contributed by atoms with E-state index in [2.05, 4.69) is 22.7 Å². The Bertz CT molecular complexity index is 427. The zero-order valence-electron chi connectivity index (χ0n) is 9.58. The third-order valence-electron chi connectivity index (χ3n) is 3.10. The van der Waals surface area contributed by atoms with E-state index in [1.54, 1.807) is 18.5 Å². The highest BCUT2D eigenvalue weighted by Gasteiger charge is 2.34.